The lowest BCUT2D eigenvalue weighted by atomic mass is 9.99. The van der Waals surface area contributed by atoms with Crippen molar-refractivity contribution in [1.82, 2.24) is 5.32 Å². The van der Waals surface area contributed by atoms with Crippen LogP contribution in [0.25, 0.3) is 0 Å². The molecule has 0 bridgehead atoms. The second kappa shape index (κ2) is 6.58. The molecule has 0 aromatic heterocycles. The normalized spacial score (nSPS) is 21.0. The summed E-state index contributed by atoms with van der Waals surface area (Å²) < 4.78 is 5.42. The smallest absolute Gasteiger partial charge is 0.330 e. The third kappa shape index (κ3) is 3.63. The number of carboxylic acids is 1. The fourth-order valence-corrected chi connectivity index (χ4v) is 3.57. The molecule has 1 aliphatic rings. The molecule has 1 unspecified atom stereocenters. The maximum atomic E-state index is 11.9. The zero-order valence-electron chi connectivity index (χ0n) is 11.5. The van der Waals surface area contributed by atoms with Gasteiger partial charge in [0.15, 0.2) is 6.61 Å². The molecule has 5 nitrogen and oxygen atoms in total. The van der Waals surface area contributed by atoms with Gasteiger partial charge in [-0.15, -0.1) is 0 Å². The molecule has 114 valence electrons. The standard InChI is InChI=1S/C14H16ClNO4S/c1-9-10(15)3-2-4-11(9)20-7-12(17)16-14(13(18)19)5-6-21-8-14/h2-4H,5-8H2,1H3,(H,16,17)(H,18,19). The summed E-state index contributed by atoms with van der Waals surface area (Å²) in [5.41, 5.74) is -0.426. The van der Waals surface area contributed by atoms with Crippen molar-refractivity contribution < 1.29 is 19.4 Å². The van der Waals surface area contributed by atoms with Crippen LogP contribution in [0.15, 0.2) is 18.2 Å². The summed E-state index contributed by atoms with van der Waals surface area (Å²) in [5.74, 6) is 0.173. The van der Waals surface area contributed by atoms with Gasteiger partial charge in [0.25, 0.3) is 5.91 Å². The molecule has 0 spiro atoms. The fraction of sp³-hybridized carbons (Fsp3) is 0.429. The van der Waals surface area contributed by atoms with Crippen LogP contribution in [-0.2, 0) is 9.59 Å². The Bertz CT molecular complexity index is 558. The van der Waals surface area contributed by atoms with Crippen molar-refractivity contribution in [1.29, 1.82) is 0 Å². The number of nitrogens with one attached hydrogen (secondary N) is 1. The van der Waals surface area contributed by atoms with E-state index < -0.39 is 17.4 Å². The van der Waals surface area contributed by atoms with Gasteiger partial charge in [0.1, 0.15) is 11.3 Å². The number of carboxylic acid groups (broad SMARTS) is 1. The number of amides is 1. The monoisotopic (exact) mass is 329 g/mol. The highest BCUT2D eigenvalue weighted by Crippen LogP contribution is 2.28. The molecule has 2 rings (SSSR count). The van der Waals surface area contributed by atoms with Crippen molar-refractivity contribution >= 4 is 35.2 Å². The van der Waals surface area contributed by atoms with Crippen molar-refractivity contribution in [2.75, 3.05) is 18.1 Å². The van der Waals surface area contributed by atoms with E-state index in [0.29, 0.717) is 22.9 Å². The summed E-state index contributed by atoms with van der Waals surface area (Å²) in [6.45, 7) is 1.56. The van der Waals surface area contributed by atoms with Crippen LogP contribution in [-0.4, -0.2) is 40.6 Å². The number of carbonyl (C=O) groups is 2. The van der Waals surface area contributed by atoms with Crippen LogP contribution in [0.4, 0.5) is 0 Å². The minimum atomic E-state index is -1.17. The van der Waals surface area contributed by atoms with Crippen LogP contribution in [0.1, 0.15) is 12.0 Å². The Hall–Kier alpha value is -1.40. The van der Waals surface area contributed by atoms with Crippen molar-refractivity contribution in [2.24, 2.45) is 0 Å². The first-order valence-electron chi connectivity index (χ1n) is 6.45. The maximum absolute atomic E-state index is 11.9. The van der Waals surface area contributed by atoms with E-state index in [0.717, 1.165) is 11.3 Å². The number of aliphatic carboxylic acids is 1. The zero-order valence-corrected chi connectivity index (χ0v) is 13.1. The molecule has 1 saturated heterocycles. The number of hydrogen-bond acceptors (Lipinski definition) is 4. The molecule has 1 fully saturated rings. The van der Waals surface area contributed by atoms with Crippen molar-refractivity contribution in [3.8, 4) is 5.75 Å². The number of carbonyl (C=O) groups excluding carboxylic acids is 1. The number of thioether (sulfide) groups is 1. The third-order valence-corrected chi connectivity index (χ3v) is 4.99. The van der Waals surface area contributed by atoms with Gasteiger partial charge in [0.2, 0.25) is 0 Å². The van der Waals surface area contributed by atoms with Gasteiger partial charge in [-0.25, -0.2) is 4.79 Å². The van der Waals surface area contributed by atoms with Crippen LogP contribution in [0.3, 0.4) is 0 Å². The third-order valence-electron chi connectivity index (χ3n) is 3.39. The van der Waals surface area contributed by atoms with Crippen LogP contribution in [0.2, 0.25) is 5.02 Å². The fourth-order valence-electron chi connectivity index (χ4n) is 2.08. The average Bonchev–Trinajstić information content (AvgIpc) is 2.90. The van der Waals surface area contributed by atoms with Gasteiger partial charge in [-0.2, -0.15) is 11.8 Å². The van der Waals surface area contributed by atoms with Gasteiger partial charge in [-0.1, -0.05) is 17.7 Å². The van der Waals surface area contributed by atoms with E-state index >= 15 is 0 Å². The Balaban J connectivity index is 1.96. The molecule has 1 aliphatic heterocycles. The Kier molecular flexibility index (Phi) is 5.00. The number of ether oxygens (including phenoxy) is 1. The molecular formula is C14H16ClNO4S. The average molecular weight is 330 g/mol. The quantitative estimate of drug-likeness (QED) is 0.865. The second-order valence-electron chi connectivity index (χ2n) is 4.89. The first kappa shape index (κ1) is 16.0. The lowest BCUT2D eigenvalue weighted by Gasteiger charge is -2.24. The number of hydrogen-bond donors (Lipinski definition) is 2. The van der Waals surface area contributed by atoms with Crippen molar-refractivity contribution in [3.63, 3.8) is 0 Å². The van der Waals surface area contributed by atoms with Crippen LogP contribution >= 0.6 is 23.4 Å². The Morgan fingerprint density at radius 3 is 2.90 bits per heavy atom. The van der Waals surface area contributed by atoms with Gasteiger partial charge in [-0.3, -0.25) is 4.79 Å². The van der Waals surface area contributed by atoms with Gasteiger partial charge < -0.3 is 15.2 Å². The minimum absolute atomic E-state index is 0.235. The molecular weight excluding hydrogens is 314 g/mol. The largest absolute Gasteiger partial charge is 0.483 e. The molecule has 1 atom stereocenters. The number of rotatable bonds is 5. The number of halogens is 1. The Morgan fingerprint density at radius 1 is 1.52 bits per heavy atom. The Labute approximate surface area is 132 Å². The predicted molar refractivity (Wildman–Crippen MR) is 82.1 cm³/mol. The van der Waals surface area contributed by atoms with E-state index in [2.05, 4.69) is 5.32 Å². The molecule has 0 saturated carbocycles. The van der Waals surface area contributed by atoms with Gasteiger partial charge in [0, 0.05) is 16.3 Å². The summed E-state index contributed by atoms with van der Waals surface area (Å²) in [6.07, 6.45) is 0.426. The highest BCUT2D eigenvalue weighted by Gasteiger charge is 2.43. The van der Waals surface area contributed by atoms with Crippen molar-refractivity contribution in [3.05, 3.63) is 28.8 Å². The predicted octanol–water partition coefficient (Wildman–Crippen LogP) is 2.10. The molecule has 1 aromatic carbocycles. The second-order valence-corrected chi connectivity index (χ2v) is 6.40. The van der Waals surface area contributed by atoms with E-state index in [4.69, 9.17) is 16.3 Å². The first-order valence-corrected chi connectivity index (χ1v) is 7.98. The Morgan fingerprint density at radius 2 is 2.29 bits per heavy atom. The van der Waals surface area contributed by atoms with E-state index in [9.17, 15) is 14.7 Å². The van der Waals surface area contributed by atoms with Crippen LogP contribution in [0, 0.1) is 6.92 Å². The first-order chi connectivity index (χ1) is 9.94. The summed E-state index contributed by atoms with van der Waals surface area (Å²) in [7, 11) is 0. The van der Waals surface area contributed by atoms with E-state index in [-0.39, 0.29) is 6.61 Å². The molecule has 1 amide bonds. The molecule has 1 heterocycles. The molecule has 1 aromatic rings. The molecule has 0 aliphatic carbocycles. The minimum Gasteiger partial charge on any atom is -0.483 e. The molecule has 2 N–H and O–H groups in total. The number of benzene rings is 1. The maximum Gasteiger partial charge on any atom is 0.330 e. The van der Waals surface area contributed by atoms with E-state index in [1.165, 1.54) is 11.8 Å². The van der Waals surface area contributed by atoms with Crippen LogP contribution in [0.5, 0.6) is 5.75 Å². The summed E-state index contributed by atoms with van der Waals surface area (Å²) >= 11 is 7.49. The SMILES string of the molecule is Cc1c(Cl)cccc1OCC(=O)NC1(C(=O)O)CCSC1. The molecule has 0 radical (unpaired) electrons. The van der Waals surface area contributed by atoms with Gasteiger partial charge in [-0.05, 0) is 31.2 Å². The van der Waals surface area contributed by atoms with Gasteiger partial charge in [0.05, 0.1) is 0 Å². The van der Waals surface area contributed by atoms with E-state index in [1.54, 1.807) is 25.1 Å². The lowest BCUT2D eigenvalue weighted by molar-refractivity contribution is -0.146. The summed E-state index contributed by atoms with van der Waals surface area (Å²) in [4.78, 5) is 23.3. The molecule has 21 heavy (non-hydrogen) atoms. The van der Waals surface area contributed by atoms with Gasteiger partial charge >= 0.3 is 5.97 Å². The van der Waals surface area contributed by atoms with Crippen LogP contribution < -0.4 is 10.1 Å². The highest BCUT2D eigenvalue weighted by atomic mass is 35.5. The van der Waals surface area contributed by atoms with Crippen molar-refractivity contribution in [2.45, 2.75) is 18.9 Å². The zero-order chi connectivity index (χ0) is 15.5. The van der Waals surface area contributed by atoms with E-state index in [1.807, 2.05) is 0 Å². The topological polar surface area (TPSA) is 75.6 Å². The lowest BCUT2D eigenvalue weighted by Crippen LogP contribution is -2.55. The summed E-state index contributed by atoms with van der Waals surface area (Å²) in [5, 5.41) is 12.4. The highest BCUT2D eigenvalue weighted by molar-refractivity contribution is 7.99. The molecule has 7 heteroatoms. The summed E-state index contributed by atoms with van der Waals surface area (Å²) in [6, 6.07) is 5.18.